The molecule has 3 nitrogen and oxygen atoms in total. The summed E-state index contributed by atoms with van der Waals surface area (Å²) in [5, 5.41) is 10.9. The highest BCUT2D eigenvalue weighted by Crippen LogP contribution is 2.28. The molecule has 112 valence electrons. The minimum Gasteiger partial charge on any atom is -0.388 e. The SMILES string of the molecule is CC1CN(C)CCN1CCC(O)c1ccc(Br)cc1Cl. The van der Waals surface area contributed by atoms with E-state index in [0.717, 1.165) is 42.6 Å². The molecule has 2 atom stereocenters. The van der Waals surface area contributed by atoms with Crippen molar-refractivity contribution in [2.75, 3.05) is 33.2 Å². The van der Waals surface area contributed by atoms with Gasteiger partial charge in [0.25, 0.3) is 0 Å². The monoisotopic (exact) mass is 360 g/mol. The molecule has 1 aromatic rings. The van der Waals surface area contributed by atoms with Crippen LogP contribution in [0.4, 0.5) is 0 Å². The molecule has 2 rings (SSSR count). The first-order valence-corrected chi connectivity index (χ1v) is 8.20. The number of aliphatic hydroxyl groups excluding tert-OH is 1. The van der Waals surface area contributed by atoms with Gasteiger partial charge in [0.15, 0.2) is 0 Å². The van der Waals surface area contributed by atoms with Gasteiger partial charge in [0, 0.05) is 41.7 Å². The summed E-state index contributed by atoms with van der Waals surface area (Å²) >= 11 is 9.56. The van der Waals surface area contributed by atoms with Crippen LogP contribution < -0.4 is 0 Å². The van der Waals surface area contributed by atoms with Crippen molar-refractivity contribution < 1.29 is 5.11 Å². The average Bonchev–Trinajstić information content (AvgIpc) is 2.37. The molecule has 1 aromatic carbocycles. The van der Waals surface area contributed by atoms with E-state index in [1.807, 2.05) is 18.2 Å². The zero-order chi connectivity index (χ0) is 14.7. The fourth-order valence-corrected chi connectivity index (χ4v) is 3.52. The molecule has 2 unspecified atom stereocenters. The highest BCUT2D eigenvalue weighted by molar-refractivity contribution is 9.10. The summed E-state index contributed by atoms with van der Waals surface area (Å²) in [4.78, 5) is 4.79. The van der Waals surface area contributed by atoms with E-state index in [2.05, 4.69) is 39.7 Å². The van der Waals surface area contributed by atoms with Crippen molar-refractivity contribution in [3.63, 3.8) is 0 Å². The summed E-state index contributed by atoms with van der Waals surface area (Å²) < 4.78 is 0.936. The van der Waals surface area contributed by atoms with Crippen molar-refractivity contribution in [3.8, 4) is 0 Å². The molecule has 1 heterocycles. The van der Waals surface area contributed by atoms with Crippen LogP contribution in [0.25, 0.3) is 0 Å². The van der Waals surface area contributed by atoms with E-state index >= 15 is 0 Å². The van der Waals surface area contributed by atoms with Crippen molar-refractivity contribution >= 4 is 27.5 Å². The molecular weight excluding hydrogens is 340 g/mol. The highest BCUT2D eigenvalue weighted by atomic mass is 79.9. The third kappa shape index (κ3) is 4.18. The Bertz CT molecular complexity index is 457. The zero-order valence-corrected chi connectivity index (χ0v) is 14.4. The summed E-state index contributed by atoms with van der Waals surface area (Å²) in [6.07, 6.45) is 0.220. The van der Waals surface area contributed by atoms with Crippen LogP contribution in [0.15, 0.2) is 22.7 Å². The van der Waals surface area contributed by atoms with Gasteiger partial charge in [0.2, 0.25) is 0 Å². The second-order valence-corrected chi connectivity index (χ2v) is 6.94. The summed E-state index contributed by atoms with van der Waals surface area (Å²) in [5.74, 6) is 0. The number of hydrogen-bond acceptors (Lipinski definition) is 3. The van der Waals surface area contributed by atoms with Crippen molar-refractivity contribution in [1.29, 1.82) is 0 Å². The lowest BCUT2D eigenvalue weighted by molar-refractivity contribution is 0.0770. The summed E-state index contributed by atoms with van der Waals surface area (Å²) in [6.45, 7) is 6.41. The molecule has 1 saturated heterocycles. The van der Waals surface area contributed by atoms with E-state index in [1.165, 1.54) is 0 Å². The van der Waals surface area contributed by atoms with E-state index in [0.29, 0.717) is 11.1 Å². The first-order chi connectivity index (χ1) is 9.47. The topological polar surface area (TPSA) is 26.7 Å². The largest absolute Gasteiger partial charge is 0.388 e. The van der Waals surface area contributed by atoms with Crippen molar-refractivity contribution in [1.82, 2.24) is 9.80 Å². The Labute approximate surface area is 134 Å². The van der Waals surface area contributed by atoms with E-state index in [4.69, 9.17) is 11.6 Å². The predicted molar refractivity (Wildman–Crippen MR) is 87.3 cm³/mol. The number of likely N-dealkylation sites (N-methyl/N-ethyl adjacent to an activating group) is 1. The van der Waals surface area contributed by atoms with Gasteiger partial charge in [-0.3, -0.25) is 4.90 Å². The minimum atomic E-state index is -0.498. The number of rotatable bonds is 4. The third-order valence-corrected chi connectivity index (χ3v) is 4.80. The Morgan fingerprint density at radius 2 is 2.20 bits per heavy atom. The van der Waals surface area contributed by atoms with Crippen LogP contribution in [0.2, 0.25) is 5.02 Å². The summed E-state index contributed by atoms with van der Waals surface area (Å²) in [7, 11) is 2.16. The van der Waals surface area contributed by atoms with Gasteiger partial charge in [-0.05, 0) is 38.1 Å². The maximum atomic E-state index is 10.3. The van der Waals surface area contributed by atoms with E-state index in [9.17, 15) is 5.11 Å². The van der Waals surface area contributed by atoms with Crippen LogP contribution in [0, 0.1) is 0 Å². The Kier molecular flexibility index (Phi) is 5.87. The Morgan fingerprint density at radius 3 is 2.85 bits per heavy atom. The maximum Gasteiger partial charge on any atom is 0.0816 e. The lowest BCUT2D eigenvalue weighted by Gasteiger charge is -2.38. The standard InChI is InChI=1S/C15H22BrClN2O/c1-11-10-18(2)7-8-19(11)6-5-15(20)13-4-3-12(16)9-14(13)17/h3-4,9,11,15,20H,5-8,10H2,1-2H3. The Balaban J connectivity index is 1.90. The van der Waals surface area contributed by atoms with Crippen LogP contribution in [-0.2, 0) is 0 Å². The molecule has 0 aromatic heterocycles. The van der Waals surface area contributed by atoms with Gasteiger partial charge >= 0.3 is 0 Å². The van der Waals surface area contributed by atoms with Gasteiger partial charge in [0.1, 0.15) is 0 Å². The molecule has 0 saturated carbocycles. The highest BCUT2D eigenvalue weighted by Gasteiger charge is 2.22. The number of piperazine rings is 1. The quantitative estimate of drug-likeness (QED) is 0.892. The van der Waals surface area contributed by atoms with E-state index in [-0.39, 0.29) is 0 Å². The first kappa shape index (κ1) is 16.2. The lowest BCUT2D eigenvalue weighted by atomic mass is 10.1. The fraction of sp³-hybridized carbons (Fsp3) is 0.600. The van der Waals surface area contributed by atoms with Crippen molar-refractivity contribution in [3.05, 3.63) is 33.3 Å². The predicted octanol–water partition coefficient (Wildman–Crippen LogP) is 3.16. The zero-order valence-electron chi connectivity index (χ0n) is 12.0. The Morgan fingerprint density at radius 1 is 1.45 bits per heavy atom. The molecule has 20 heavy (non-hydrogen) atoms. The molecule has 1 aliphatic heterocycles. The first-order valence-electron chi connectivity index (χ1n) is 7.03. The Hall–Kier alpha value is -0.130. The molecular formula is C15H22BrClN2O. The molecule has 0 radical (unpaired) electrons. The maximum absolute atomic E-state index is 10.3. The second kappa shape index (κ2) is 7.23. The molecule has 0 spiro atoms. The molecule has 5 heteroatoms. The smallest absolute Gasteiger partial charge is 0.0816 e. The van der Waals surface area contributed by atoms with Gasteiger partial charge in [-0.2, -0.15) is 0 Å². The summed E-state index contributed by atoms with van der Waals surface area (Å²) in [5.41, 5.74) is 0.816. The number of benzene rings is 1. The van der Waals surface area contributed by atoms with Gasteiger partial charge in [-0.1, -0.05) is 33.6 Å². The van der Waals surface area contributed by atoms with E-state index in [1.54, 1.807) is 0 Å². The third-order valence-electron chi connectivity index (χ3n) is 3.98. The van der Waals surface area contributed by atoms with Crippen LogP contribution in [0.3, 0.4) is 0 Å². The number of halogens is 2. The molecule has 0 aliphatic carbocycles. The molecule has 1 fully saturated rings. The van der Waals surface area contributed by atoms with Crippen molar-refractivity contribution in [2.24, 2.45) is 0 Å². The number of hydrogen-bond donors (Lipinski definition) is 1. The van der Waals surface area contributed by atoms with Gasteiger partial charge in [0.05, 0.1) is 6.10 Å². The molecule has 1 aliphatic rings. The molecule has 0 bridgehead atoms. The van der Waals surface area contributed by atoms with Gasteiger partial charge in [-0.25, -0.2) is 0 Å². The average molecular weight is 362 g/mol. The second-order valence-electron chi connectivity index (χ2n) is 5.62. The normalized spacial score (nSPS) is 22.9. The van der Waals surface area contributed by atoms with Crippen LogP contribution in [0.5, 0.6) is 0 Å². The van der Waals surface area contributed by atoms with Crippen molar-refractivity contribution in [2.45, 2.75) is 25.5 Å². The summed E-state index contributed by atoms with van der Waals surface area (Å²) in [6, 6.07) is 6.19. The van der Waals surface area contributed by atoms with Gasteiger partial charge in [-0.15, -0.1) is 0 Å². The number of aliphatic hydroxyl groups is 1. The molecule has 0 amide bonds. The molecule has 1 N–H and O–H groups in total. The van der Waals surface area contributed by atoms with Crippen LogP contribution >= 0.6 is 27.5 Å². The lowest BCUT2D eigenvalue weighted by Crippen LogP contribution is -2.50. The van der Waals surface area contributed by atoms with Crippen LogP contribution in [0.1, 0.15) is 25.0 Å². The minimum absolute atomic E-state index is 0.498. The van der Waals surface area contributed by atoms with Gasteiger partial charge < -0.3 is 10.0 Å². The van der Waals surface area contributed by atoms with Crippen LogP contribution in [-0.4, -0.2) is 54.2 Å². The van der Waals surface area contributed by atoms with E-state index < -0.39 is 6.10 Å². The fourth-order valence-electron chi connectivity index (χ4n) is 2.72. The number of nitrogens with zero attached hydrogens (tertiary/aromatic N) is 2.